The Bertz CT molecular complexity index is 428. The smallest absolute Gasteiger partial charge is 0.223 e. The van der Waals surface area contributed by atoms with Crippen LogP contribution in [0.25, 0.3) is 0 Å². The fourth-order valence-corrected chi connectivity index (χ4v) is 2.32. The molecule has 0 unspecified atom stereocenters. The van der Waals surface area contributed by atoms with Crippen LogP contribution in [0, 0.1) is 0 Å². The van der Waals surface area contributed by atoms with E-state index in [1.807, 2.05) is 17.0 Å². The minimum atomic E-state index is 0.0879. The van der Waals surface area contributed by atoms with Gasteiger partial charge in [-0.3, -0.25) is 9.59 Å². The van der Waals surface area contributed by atoms with E-state index in [2.05, 4.69) is 0 Å². The maximum atomic E-state index is 12.1. The molecule has 0 radical (unpaired) electrons. The predicted octanol–water partition coefficient (Wildman–Crippen LogP) is 1.29. The van der Waals surface area contributed by atoms with Crippen molar-refractivity contribution in [3.05, 3.63) is 24.2 Å². The average Bonchev–Trinajstić information content (AvgIpc) is 2.77. The zero-order chi connectivity index (χ0) is 13.7. The molecule has 1 saturated heterocycles. The molecule has 0 saturated carbocycles. The maximum absolute atomic E-state index is 12.1. The molecular weight excluding hydrogens is 244 g/mol. The first-order chi connectivity index (χ1) is 9.16. The Morgan fingerprint density at radius 3 is 2.63 bits per heavy atom. The molecule has 2 heterocycles. The van der Waals surface area contributed by atoms with Crippen molar-refractivity contribution in [2.45, 2.75) is 26.2 Å². The van der Waals surface area contributed by atoms with Gasteiger partial charge in [0, 0.05) is 45.9 Å². The molecule has 0 N–H and O–H groups in total. The fraction of sp³-hybridized carbons (Fsp3) is 0.571. The Morgan fingerprint density at radius 1 is 1.21 bits per heavy atom. The van der Waals surface area contributed by atoms with Crippen LogP contribution >= 0.6 is 0 Å². The summed E-state index contributed by atoms with van der Waals surface area (Å²) >= 11 is 0. The molecular formula is C14H20N2O3. The maximum Gasteiger partial charge on any atom is 0.223 e. The van der Waals surface area contributed by atoms with Crippen LogP contribution in [0.5, 0.6) is 0 Å². The van der Waals surface area contributed by atoms with Gasteiger partial charge in [0.05, 0.1) is 6.26 Å². The summed E-state index contributed by atoms with van der Waals surface area (Å²) in [5.41, 5.74) is 0. The number of nitrogens with zero attached hydrogens (tertiary/aromatic N) is 2. The minimum Gasteiger partial charge on any atom is -0.469 e. The molecule has 1 fully saturated rings. The van der Waals surface area contributed by atoms with Crippen molar-refractivity contribution < 1.29 is 14.0 Å². The van der Waals surface area contributed by atoms with Crippen molar-refractivity contribution in [3.63, 3.8) is 0 Å². The topological polar surface area (TPSA) is 53.8 Å². The highest BCUT2D eigenvalue weighted by atomic mass is 16.3. The van der Waals surface area contributed by atoms with Crippen molar-refractivity contribution in [1.82, 2.24) is 9.80 Å². The molecule has 0 atom stereocenters. The van der Waals surface area contributed by atoms with Crippen molar-refractivity contribution in [2.75, 3.05) is 26.2 Å². The second-order valence-electron chi connectivity index (χ2n) is 4.82. The average molecular weight is 264 g/mol. The van der Waals surface area contributed by atoms with Gasteiger partial charge in [0.1, 0.15) is 5.76 Å². The lowest BCUT2D eigenvalue weighted by Gasteiger charge is -2.21. The Hall–Kier alpha value is -1.78. The molecule has 1 aromatic heterocycles. The number of carbonyl (C=O) groups is 2. The SMILES string of the molecule is CC(=O)N1CCCN(C(=O)CCc2ccco2)CC1. The molecule has 2 amide bonds. The third-order valence-electron chi connectivity index (χ3n) is 3.46. The van der Waals surface area contributed by atoms with Gasteiger partial charge < -0.3 is 14.2 Å². The molecule has 5 nitrogen and oxygen atoms in total. The number of aryl methyl sites for hydroxylation is 1. The largest absolute Gasteiger partial charge is 0.469 e. The van der Waals surface area contributed by atoms with Crippen LogP contribution in [0.1, 0.15) is 25.5 Å². The van der Waals surface area contributed by atoms with E-state index in [1.165, 1.54) is 0 Å². The summed E-state index contributed by atoms with van der Waals surface area (Å²) in [6.07, 6.45) is 3.58. The summed E-state index contributed by atoms with van der Waals surface area (Å²) < 4.78 is 5.22. The molecule has 104 valence electrons. The van der Waals surface area contributed by atoms with Crippen LogP contribution in [-0.2, 0) is 16.0 Å². The van der Waals surface area contributed by atoms with Gasteiger partial charge in [-0.15, -0.1) is 0 Å². The van der Waals surface area contributed by atoms with Gasteiger partial charge in [0.25, 0.3) is 0 Å². The highest BCUT2D eigenvalue weighted by molar-refractivity contribution is 5.77. The van der Waals surface area contributed by atoms with Gasteiger partial charge in [-0.05, 0) is 18.6 Å². The lowest BCUT2D eigenvalue weighted by molar-refractivity contribution is -0.132. The van der Waals surface area contributed by atoms with E-state index in [0.717, 1.165) is 25.3 Å². The van der Waals surface area contributed by atoms with Gasteiger partial charge >= 0.3 is 0 Å². The zero-order valence-corrected chi connectivity index (χ0v) is 11.3. The van der Waals surface area contributed by atoms with E-state index in [1.54, 1.807) is 18.1 Å². The normalized spacial score (nSPS) is 16.3. The molecule has 2 rings (SSSR count). The van der Waals surface area contributed by atoms with Crippen molar-refractivity contribution in [3.8, 4) is 0 Å². The third-order valence-corrected chi connectivity index (χ3v) is 3.46. The molecule has 19 heavy (non-hydrogen) atoms. The highest BCUT2D eigenvalue weighted by Crippen LogP contribution is 2.09. The molecule has 0 aliphatic carbocycles. The van der Waals surface area contributed by atoms with Gasteiger partial charge in [0.15, 0.2) is 0 Å². The first-order valence-electron chi connectivity index (χ1n) is 6.72. The van der Waals surface area contributed by atoms with Crippen molar-refractivity contribution in [2.24, 2.45) is 0 Å². The molecule has 1 aromatic rings. The zero-order valence-electron chi connectivity index (χ0n) is 11.3. The van der Waals surface area contributed by atoms with Crippen LogP contribution in [0.2, 0.25) is 0 Å². The van der Waals surface area contributed by atoms with Crippen molar-refractivity contribution in [1.29, 1.82) is 0 Å². The number of rotatable bonds is 3. The molecule has 1 aliphatic heterocycles. The molecule has 0 aromatic carbocycles. The lowest BCUT2D eigenvalue weighted by atomic mass is 10.2. The van der Waals surface area contributed by atoms with Gasteiger partial charge in [-0.25, -0.2) is 0 Å². The van der Waals surface area contributed by atoms with Crippen LogP contribution < -0.4 is 0 Å². The predicted molar refractivity (Wildman–Crippen MR) is 70.5 cm³/mol. The number of hydrogen-bond donors (Lipinski definition) is 0. The van der Waals surface area contributed by atoms with E-state index in [9.17, 15) is 9.59 Å². The summed E-state index contributed by atoms with van der Waals surface area (Å²) in [7, 11) is 0. The Labute approximate surface area is 113 Å². The van der Waals surface area contributed by atoms with E-state index in [-0.39, 0.29) is 11.8 Å². The van der Waals surface area contributed by atoms with Crippen LogP contribution in [0.3, 0.4) is 0 Å². The number of furan rings is 1. The third kappa shape index (κ3) is 3.84. The highest BCUT2D eigenvalue weighted by Gasteiger charge is 2.20. The summed E-state index contributed by atoms with van der Waals surface area (Å²) in [5, 5.41) is 0. The lowest BCUT2D eigenvalue weighted by Crippen LogP contribution is -2.36. The Balaban J connectivity index is 1.81. The summed E-state index contributed by atoms with van der Waals surface area (Å²) in [6.45, 7) is 4.34. The Morgan fingerprint density at radius 2 is 1.95 bits per heavy atom. The van der Waals surface area contributed by atoms with E-state index < -0.39 is 0 Å². The molecule has 5 heteroatoms. The number of hydrogen-bond acceptors (Lipinski definition) is 3. The Kier molecular flexibility index (Phi) is 4.60. The van der Waals surface area contributed by atoms with Crippen LogP contribution in [-0.4, -0.2) is 47.8 Å². The van der Waals surface area contributed by atoms with Gasteiger partial charge in [-0.1, -0.05) is 0 Å². The van der Waals surface area contributed by atoms with Crippen LogP contribution in [0.4, 0.5) is 0 Å². The number of carbonyl (C=O) groups excluding carboxylic acids is 2. The quantitative estimate of drug-likeness (QED) is 0.826. The second kappa shape index (κ2) is 6.41. The van der Waals surface area contributed by atoms with E-state index in [0.29, 0.717) is 25.9 Å². The fourth-order valence-electron chi connectivity index (χ4n) is 2.32. The standard InChI is InChI=1S/C14H20N2O3/c1-12(17)15-7-3-8-16(10-9-15)14(18)6-5-13-4-2-11-19-13/h2,4,11H,3,5-10H2,1H3. The van der Waals surface area contributed by atoms with Gasteiger partial charge in [-0.2, -0.15) is 0 Å². The number of amides is 2. The first-order valence-corrected chi connectivity index (χ1v) is 6.72. The first kappa shape index (κ1) is 13.6. The minimum absolute atomic E-state index is 0.0879. The molecule has 0 spiro atoms. The molecule has 0 bridgehead atoms. The van der Waals surface area contributed by atoms with Crippen LogP contribution in [0.15, 0.2) is 22.8 Å². The van der Waals surface area contributed by atoms with E-state index >= 15 is 0 Å². The van der Waals surface area contributed by atoms with Gasteiger partial charge in [0.2, 0.25) is 11.8 Å². The second-order valence-corrected chi connectivity index (χ2v) is 4.82. The monoisotopic (exact) mass is 264 g/mol. The molecule has 1 aliphatic rings. The van der Waals surface area contributed by atoms with Crippen molar-refractivity contribution >= 4 is 11.8 Å². The summed E-state index contributed by atoms with van der Waals surface area (Å²) in [6, 6.07) is 3.71. The van der Waals surface area contributed by atoms with E-state index in [4.69, 9.17) is 4.42 Å². The summed E-state index contributed by atoms with van der Waals surface area (Å²) in [5.74, 6) is 1.07. The summed E-state index contributed by atoms with van der Waals surface area (Å²) in [4.78, 5) is 27.1.